The van der Waals surface area contributed by atoms with Gasteiger partial charge in [0.15, 0.2) is 0 Å². The monoisotopic (exact) mass is 210 g/mol. The van der Waals surface area contributed by atoms with Crippen LogP contribution in [0.5, 0.6) is 0 Å². The normalized spacial score (nSPS) is 10.4. The van der Waals surface area contributed by atoms with Crippen molar-refractivity contribution in [1.82, 2.24) is 0 Å². The molecule has 0 saturated heterocycles. The molecule has 0 heterocycles. The van der Waals surface area contributed by atoms with Crippen LogP contribution in [-0.4, -0.2) is 4.75 Å². The second-order valence-corrected chi connectivity index (χ2v) is 5.93. The minimum Gasteiger partial charge on any atom is -0.120 e. The highest BCUT2D eigenvalue weighted by Crippen LogP contribution is 2.31. The molecule has 0 saturated carbocycles. The summed E-state index contributed by atoms with van der Waals surface area (Å²) < 4.78 is 0.313. The van der Waals surface area contributed by atoms with Gasteiger partial charge >= 0.3 is 0 Å². The number of thioether (sulfide) groups is 1. The van der Waals surface area contributed by atoms with E-state index in [-0.39, 0.29) is 0 Å². The van der Waals surface area contributed by atoms with Gasteiger partial charge in [-0.2, -0.15) is 0 Å². The summed E-state index contributed by atoms with van der Waals surface area (Å²) in [7, 11) is 0. The number of aryl methyl sites for hydroxylation is 1. The van der Waals surface area contributed by atoms with E-state index in [9.17, 15) is 0 Å². The Hall–Kier alpha value is -0.430. The lowest BCUT2D eigenvalue weighted by atomic mass is 10.2. The third-order valence-electron chi connectivity index (χ3n) is 1.41. The quantitative estimate of drug-likeness (QED) is 0.593. The van der Waals surface area contributed by atoms with E-state index < -0.39 is 0 Å². The molecule has 1 aromatic carbocycles. The van der Waals surface area contributed by atoms with Crippen molar-refractivity contribution in [3.8, 4) is 0 Å². The molecule has 0 nitrogen and oxygen atoms in total. The Morgan fingerprint density at radius 2 is 1.64 bits per heavy atom. The lowest BCUT2D eigenvalue weighted by Gasteiger charge is -2.17. The van der Waals surface area contributed by atoms with Gasteiger partial charge in [-0.05, 0) is 19.1 Å². The van der Waals surface area contributed by atoms with Crippen LogP contribution in [0.15, 0.2) is 29.2 Å². The van der Waals surface area contributed by atoms with Crippen LogP contribution in [0.3, 0.4) is 0 Å². The first-order chi connectivity index (χ1) is 6.47. The first kappa shape index (κ1) is 13.6. The second kappa shape index (κ2) is 6.13. The van der Waals surface area contributed by atoms with Gasteiger partial charge in [-0.25, -0.2) is 0 Å². The molecule has 1 rings (SSSR count). The number of benzene rings is 1. The first-order valence-corrected chi connectivity index (χ1v) is 6.05. The molecule has 0 unspecified atom stereocenters. The third kappa shape index (κ3) is 6.09. The van der Waals surface area contributed by atoms with Gasteiger partial charge in [0, 0.05) is 9.64 Å². The summed E-state index contributed by atoms with van der Waals surface area (Å²) in [4.78, 5) is 1.36. The average molecular weight is 210 g/mol. The van der Waals surface area contributed by atoms with Crippen LogP contribution >= 0.6 is 11.8 Å². The van der Waals surface area contributed by atoms with Crippen LogP contribution in [0, 0.1) is 6.92 Å². The van der Waals surface area contributed by atoms with Crippen LogP contribution in [0.25, 0.3) is 0 Å². The van der Waals surface area contributed by atoms with Gasteiger partial charge < -0.3 is 0 Å². The van der Waals surface area contributed by atoms with Gasteiger partial charge in [-0.15, -0.1) is 11.8 Å². The van der Waals surface area contributed by atoms with Crippen molar-refractivity contribution in [1.29, 1.82) is 0 Å². The molecule has 80 valence electrons. The van der Waals surface area contributed by atoms with Crippen molar-refractivity contribution >= 4 is 11.8 Å². The molecule has 0 fully saturated rings. The van der Waals surface area contributed by atoms with Gasteiger partial charge in [-0.1, -0.05) is 52.3 Å². The van der Waals surface area contributed by atoms with Crippen LogP contribution < -0.4 is 0 Å². The number of hydrogen-bond donors (Lipinski definition) is 0. The maximum atomic E-state index is 2.24. The molecule has 0 aromatic heterocycles. The molecule has 0 aliphatic heterocycles. The summed E-state index contributed by atoms with van der Waals surface area (Å²) in [5.41, 5.74) is 1.34. The molecule has 0 spiro atoms. The molecule has 14 heavy (non-hydrogen) atoms. The van der Waals surface area contributed by atoms with Crippen molar-refractivity contribution in [2.45, 2.75) is 51.2 Å². The standard InChI is InChI=1S/C11H16S.C2H6/c1-9-6-5-7-10(8-9)12-11(2,3)4;1-2/h5-8H,1-4H3;1-2H3. The summed E-state index contributed by atoms with van der Waals surface area (Å²) >= 11 is 1.91. The fourth-order valence-corrected chi connectivity index (χ4v) is 2.13. The van der Waals surface area contributed by atoms with Crippen molar-refractivity contribution in [3.05, 3.63) is 29.8 Å². The minimum absolute atomic E-state index is 0.313. The Bertz CT molecular complexity index is 258. The van der Waals surface area contributed by atoms with Gasteiger partial charge in [0.05, 0.1) is 0 Å². The highest BCUT2D eigenvalue weighted by molar-refractivity contribution is 8.00. The van der Waals surface area contributed by atoms with Crippen LogP contribution in [0.4, 0.5) is 0 Å². The Morgan fingerprint density at radius 3 is 2.07 bits per heavy atom. The topological polar surface area (TPSA) is 0 Å². The molecule has 0 N–H and O–H groups in total. The van der Waals surface area contributed by atoms with E-state index in [1.54, 1.807) is 0 Å². The summed E-state index contributed by atoms with van der Waals surface area (Å²) in [5, 5.41) is 0. The lowest BCUT2D eigenvalue weighted by Crippen LogP contribution is -2.06. The van der Waals surface area contributed by atoms with Crippen LogP contribution in [0.2, 0.25) is 0 Å². The lowest BCUT2D eigenvalue weighted by molar-refractivity contribution is 0.803. The maximum absolute atomic E-state index is 2.24. The van der Waals surface area contributed by atoms with E-state index in [4.69, 9.17) is 0 Å². The van der Waals surface area contributed by atoms with Gasteiger partial charge in [-0.3, -0.25) is 0 Å². The summed E-state index contributed by atoms with van der Waals surface area (Å²) in [6.45, 7) is 12.8. The Labute approximate surface area is 93.1 Å². The Morgan fingerprint density at radius 1 is 1.07 bits per heavy atom. The first-order valence-electron chi connectivity index (χ1n) is 5.23. The van der Waals surface area contributed by atoms with Gasteiger partial charge in [0.25, 0.3) is 0 Å². The van der Waals surface area contributed by atoms with Gasteiger partial charge in [0.2, 0.25) is 0 Å². The Kier molecular flexibility index (Phi) is 5.94. The maximum Gasteiger partial charge on any atom is 0.0122 e. The Balaban J connectivity index is 0.000000791. The van der Waals surface area contributed by atoms with E-state index in [1.807, 2.05) is 25.6 Å². The second-order valence-electron chi connectivity index (χ2n) is 4.03. The number of rotatable bonds is 1. The third-order valence-corrected chi connectivity index (χ3v) is 2.52. The zero-order chi connectivity index (χ0) is 11.2. The van der Waals surface area contributed by atoms with Crippen LogP contribution in [-0.2, 0) is 0 Å². The SMILES string of the molecule is CC.Cc1cccc(SC(C)(C)C)c1. The summed E-state index contributed by atoms with van der Waals surface area (Å²) in [6, 6.07) is 8.65. The van der Waals surface area contributed by atoms with Crippen molar-refractivity contribution in [2.75, 3.05) is 0 Å². The molecule has 1 heteroatoms. The zero-order valence-electron chi connectivity index (χ0n) is 10.2. The molecular weight excluding hydrogens is 188 g/mol. The zero-order valence-corrected chi connectivity index (χ0v) is 11.0. The number of hydrogen-bond acceptors (Lipinski definition) is 1. The highest BCUT2D eigenvalue weighted by Gasteiger charge is 2.11. The molecule has 0 aliphatic carbocycles. The van der Waals surface area contributed by atoms with E-state index >= 15 is 0 Å². The van der Waals surface area contributed by atoms with E-state index in [0.717, 1.165) is 0 Å². The molecule has 0 aliphatic rings. The van der Waals surface area contributed by atoms with E-state index in [2.05, 4.69) is 52.0 Å². The highest BCUT2D eigenvalue weighted by atomic mass is 32.2. The molecule has 0 radical (unpaired) electrons. The summed E-state index contributed by atoms with van der Waals surface area (Å²) in [5.74, 6) is 0. The van der Waals surface area contributed by atoms with Crippen molar-refractivity contribution < 1.29 is 0 Å². The predicted molar refractivity (Wildman–Crippen MR) is 68.1 cm³/mol. The predicted octanol–water partition coefficient (Wildman–Crippen LogP) is 4.91. The van der Waals surface area contributed by atoms with E-state index in [0.29, 0.717) is 4.75 Å². The largest absolute Gasteiger partial charge is 0.120 e. The van der Waals surface area contributed by atoms with E-state index in [1.165, 1.54) is 10.5 Å². The van der Waals surface area contributed by atoms with Crippen molar-refractivity contribution in [2.24, 2.45) is 0 Å². The minimum atomic E-state index is 0.313. The average Bonchev–Trinajstić information content (AvgIpc) is 2.04. The fourth-order valence-electron chi connectivity index (χ4n) is 1.03. The van der Waals surface area contributed by atoms with Gasteiger partial charge in [0.1, 0.15) is 0 Å². The molecular formula is C13H22S. The fraction of sp³-hybridized carbons (Fsp3) is 0.538. The summed E-state index contributed by atoms with van der Waals surface area (Å²) in [6.07, 6.45) is 0. The smallest absolute Gasteiger partial charge is 0.0122 e. The van der Waals surface area contributed by atoms with Crippen molar-refractivity contribution in [3.63, 3.8) is 0 Å². The molecule has 0 bridgehead atoms. The molecule has 0 atom stereocenters. The molecule has 0 amide bonds. The van der Waals surface area contributed by atoms with Crippen LogP contribution in [0.1, 0.15) is 40.2 Å². The molecule has 1 aromatic rings.